The second-order valence-corrected chi connectivity index (χ2v) is 13.7. The predicted octanol–water partition coefficient (Wildman–Crippen LogP) is 3.44. The number of nitrogens with one attached hydrogen (secondary N) is 1. The molecule has 210 valence electrons. The van der Waals surface area contributed by atoms with Gasteiger partial charge in [-0.3, -0.25) is 4.79 Å². The van der Waals surface area contributed by atoms with Crippen LogP contribution < -0.4 is 19.7 Å². The Balaban J connectivity index is 1.70. The normalized spacial score (nSPS) is 21.8. The molecular formula is C27H33N3O7S2. The minimum Gasteiger partial charge on any atom is -0.497 e. The number of rotatable bonds is 7. The number of aliphatic imine (C=N–C) groups is 1. The molecule has 2 aromatic rings. The third-order valence-electron chi connectivity index (χ3n) is 6.19. The summed E-state index contributed by atoms with van der Waals surface area (Å²) in [7, 11) is -0.218. The number of methoxy groups -OCH3 is 2. The van der Waals surface area contributed by atoms with Crippen LogP contribution >= 0.6 is 11.8 Å². The molecule has 1 N–H and O–H groups in total. The minimum atomic E-state index is -3.26. The van der Waals surface area contributed by atoms with Gasteiger partial charge in [-0.05, 0) is 38.5 Å². The molecule has 0 aliphatic carbocycles. The Hall–Kier alpha value is -3.25. The molecule has 0 aromatic heterocycles. The van der Waals surface area contributed by atoms with E-state index in [1.165, 1.54) is 26.0 Å². The summed E-state index contributed by atoms with van der Waals surface area (Å²) in [6.07, 6.45) is -0.527. The first-order chi connectivity index (χ1) is 18.4. The zero-order chi connectivity index (χ0) is 28.4. The van der Waals surface area contributed by atoms with Crippen LogP contribution in [-0.2, 0) is 25.8 Å². The number of fused-ring (bicyclic) bond motifs is 1. The molecule has 2 fully saturated rings. The van der Waals surface area contributed by atoms with Crippen LogP contribution in [0.5, 0.6) is 11.5 Å². The number of amidine groups is 1. The summed E-state index contributed by atoms with van der Waals surface area (Å²) in [5.41, 5.74) is 0.659. The monoisotopic (exact) mass is 575 g/mol. The van der Waals surface area contributed by atoms with E-state index < -0.39 is 39.5 Å². The van der Waals surface area contributed by atoms with Crippen molar-refractivity contribution >= 4 is 44.5 Å². The fraction of sp³-hybridized carbons (Fsp3) is 0.444. The van der Waals surface area contributed by atoms with Crippen molar-refractivity contribution in [2.45, 2.75) is 50.1 Å². The summed E-state index contributed by atoms with van der Waals surface area (Å²) < 4.78 is 41.3. The molecule has 0 radical (unpaired) electrons. The maximum absolute atomic E-state index is 13.6. The van der Waals surface area contributed by atoms with Crippen LogP contribution in [-0.4, -0.2) is 74.2 Å². The Bertz CT molecular complexity index is 1360. The first-order valence-corrected chi connectivity index (χ1v) is 15.1. The summed E-state index contributed by atoms with van der Waals surface area (Å²) in [4.78, 5) is 32.4. The van der Waals surface area contributed by atoms with E-state index in [2.05, 4.69) is 10.3 Å². The van der Waals surface area contributed by atoms with Gasteiger partial charge in [0, 0.05) is 17.7 Å². The molecular weight excluding hydrogens is 542 g/mol. The Kier molecular flexibility index (Phi) is 8.45. The van der Waals surface area contributed by atoms with E-state index in [1.807, 2.05) is 30.3 Å². The summed E-state index contributed by atoms with van der Waals surface area (Å²) in [6.45, 7) is 5.22. The summed E-state index contributed by atoms with van der Waals surface area (Å²) in [5, 5.41) is 2.71. The molecule has 2 aromatic carbocycles. The maximum Gasteiger partial charge on any atom is 0.408 e. The van der Waals surface area contributed by atoms with Gasteiger partial charge in [0.25, 0.3) is 5.91 Å². The highest BCUT2D eigenvalue weighted by molar-refractivity contribution is 8.16. The van der Waals surface area contributed by atoms with Crippen LogP contribution in [0.2, 0.25) is 0 Å². The first kappa shape index (κ1) is 28.8. The Morgan fingerprint density at radius 2 is 1.82 bits per heavy atom. The molecule has 0 spiro atoms. The molecule has 2 heterocycles. The number of alkyl carbamates (subject to hydrolysis) is 1. The Labute approximate surface area is 233 Å². The minimum absolute atomic E-state index is 0.0197. The van der Waals surface area contributed by atoms with E-state index in [-0.39, 0.29) is 23.2 Å². The number of anilines is 1. The number of hydrogen-bond donors (Lipinski definition) is 1. The van der Waals surface area contributed by atoms with Gasteiger partial charge < -0.3 is 24.4 Å². The van der Waals surface area contributed by atoms with Gasteiger partial charge in [0.15, 0.2) is 15.0 Å². The third kappa shape index (κ3) is 7.04. The van der Waals surface area contributed by atoms with Gasteiger partial charge in [-0.1, -0.05) is 42.1 Å². The van der Waals surface area contributed by atoms with Crippen molar-refractivity contribution in [1.29, 1.82) is 0 Å². The van der Waals surface area contributed by atoms with Crippen LogP contribution in [0.1, 0.15) is 26.3 Å². The van der Waals surface area contributed by atoms with E-state index in [0.29, 0.717) is 22.4 Å². The number of ether oxygens (including phenoxy) is 3. The average molecular weight is 576 g/mol. The SMILES string of the molecule is COc1ccc(N2C(=NC(=O)[C@@H](Cc3ccccc3)NC(=O)OC(C)(C)C)S[C@H]3CS(=O)(=O)C[C@@H]32)c(OC)c1. The van der Waals surface area contributed by atoms with Crippen LogP contribution in [0.3, 0.4) is 0 Å². The van der Waals surface area contributed by atoms with Crippen molar-refractivity contribution < 1.29 is 32.2 Å². The number of nitrogens with zero attached hydrogens (tertiary/aromatic N) is 2. The number of benzene rings is 2. The van der Waals surface area contributed by atoms with Crippen molar-refractivity contribution in [1.82, 2.24) is 5.32 Å². The van der Waals surface area contributed by atoms with Gasteiger partial charge in [-0.2, -0.15) is 4.99 Å². The zero-order valence-corrected chi connectivity index (χ0v) is 24.2. The van der Waals surface area contributed by atoms with Crippen molar-refractivity contribution in [3.63, 3.8) is 0 Å². The molecule has 39 heavy (non-hydrogen) atoms. The van der Waals surface area contributed by atoms with Gasteiger partial charge in [-0.15, -0.1) is 0 Å². The van der Waals surface area contributed by atoms with Gasteiger partial charge >= 0.3 is 6.09 Å². The van der Waals surface area contributed by atoms with Crippen LogP contribution in [0.15, 0.2) is 53.5 Å². The number of sulfone groups is 1. The molecule has 12 heteroatoms. The predicted molar refractivity (Wildman–Crippen MR) is 152 cm³/mol. The van der Waals surface area contributed by atoms with Gasteiger partial charge in [0.2, 0.25) is 0 Å². The average Bonchev–Trinajstić information content (AvgIpc) is 3.33. The van der Waals surface area contributed by atoms with Crippen LogP contribution in [0.25, 0.3) is 0 Å². The quantitative estimate of drug-likeness (QED) is 0.529. The van der Waals surface area contributed by atoms with Gasteiger partial charge in [0.1, 0.15) is 23.1 Å². The molecule has 2 aliphatic heterocycles. The lowest BCUT2D eigenvalue weighted by molar-refractivity contribution is -0.119. The molecule has 4 rings (SSSR count). The van der Waals surface area contributed by atoms with Crippen molar-refractivity contribution in [3.05, 3.63) is 54.1 Å². The van der Waals surface area contributed by atoms with Crippen LogP contribution in [0.4, 0.5) is 10.5 Å². The molecule has 0 saturated carbocycles. The molecule has 0 bridgehead atoms. The topological polar surface area (TPSA) is 124 Å². The maximum atomic E-state index is 13.6. The zero-order valence-electron chi connectivity index (χ0n) is 22.5. The lowest BCUT2D eigenvalue weighted by Crippen LogP contribution is -2.45. The second kappa shape index (κ2) is 11.5. The number of amides is 2. The standard InChI is InChI=1S/C27H33N3O7S2/c1-27(2,3)37-26(32)28-19(13-17-9-7-6-8-10-17)24(31)29-25-30(21-15-39(33,34)16-23(21)38-25)20-12-11-18(35-4)14-22(20)36-5/h6-12,14,19,21,23H,13,15-16H2,1-5H3,(H,28,32)/t19-,21+,23+/m1/s1. The summed E-state index contributed by atoms with van der Waals surface area (Å²) in [6, 6.07) is 13.0. The van der Waals surface area contributed by atoms with Crippen molar-refractivity contribution in [3.8, 4) is 11.5 Å². The van der Waals surface area contributed by atoms with Gasteiger partial charge in [0.05, 0.1) is 37.5 Å². The molecule has 3 atom stereocenters. The molecule has 2 aliphatic rings. The van der Waals surface area contributed by atoms with Crippen molar-refractivity contribution in [2.75, 3.05) is 30.6 Å². The highest BCUT2D eigenvalue weighted by atomic mass is 32.2. The molecule has 0 unspecified atom stereocenters. The lowest BCUT2D eigenvalue weighted by atomic mass is 10.1. The Morgan fingerprint density at radius 1 is 1.10 bits per heavy atom. The smallest absolute Gasteiger partial charge is 0.408 e. The lowest BCUT2D eigenvalue weighted by Gasteiger charge is -2.27. The van der Waals surface area contributed by atoms with E-state index in [4.69, 9.17) is 14.2 Å². The number of hydrogen-bond acceptors (Lipinski definition) is 8. The van der Waals surface area contributed by atoms with E-state index >= 15 is 0 Å². The van der Waals surface area contributed by atoms with Gasteiger partial charge in [-0.25, -0.2) is 13.2 Å². The van der Waals surface area contributed by atoms with E-state index in [9.17, 15) is 18.0 Å². The summed E-state index contributed by atoms with van der Waals surface area (Å²) in [5.74, 6) is 0.350. The molecule has 2 amide bonds. The number of carbonyl (C=O) groups excluding carboxylic acids is 2. The highest BCUT2D eigenvalue weighted by Crippen LogP contribution is 2.44. The fourth-order valence-electron chi connectivity index (χ4n) is 4.50. The van der Waals surface area contributed by atoms with E-state index in [1.54, 1.807) is 43.9 Å². The number of carbonyl (C=O) groups is 2. The summed E-state index contributed by atoms with van der Waals surface area (Å²) >= 11 is 1.24. The largest absolute Gasteiger partial charge is 0.497 e. The fourth-order valence-corrected chi connectivity index (χ4v) is 8.41. The van der Waals surface area contributed by atoms with Crippen LogP contribution in [0, 0.1) is 0 Å². The Morgan fingerprint density at radius 3 is 2.46 bits per heavy atom. The van der Waals surface area contributed by atoms with E-state index in [0.717, 1.165) is 5.56 Å². The molecule has 10 nitrogen and oxygen atoms in total. The second-order valence-electron chi connectivity index (χ2n) is 10.3. The highest BCUT2D eigenvalue weighted by Gasteiger charge is 2.50. The number of thioether (sulfide) groups is 1. The third-order valence-corrected chi connectivity index (χ3v) is 9.40. The first-order valence-electron chi connectivity index (χ1n) is 12.4. The molecule has 2 saturated heterocycles. The van der Waals surface area contributed by atoms with Crippen molar-refractivity contribution in [2.24, 2.45) is 4.99 Å².